The summed E-state index contributed by atoms with van der Waals surface area (Å²) in [5, 5.41) is 8.23. The number of amides is 1. The van der Waals surface area contributed by atoms with Crippen LogP contribution in [0, 0.1) is 0 Å². The molecule has 10 heteroatoms. The summed E-state index contributed by atoms with van der Waals surface area (Å²) in [5.74, 6) is 6.47. The molecule has 2 N–H and O–H groups in total. The number of halogens is 2. The van der Waals surface area contributed by atoms with E-state index in [1.54, 1.807) is 24.1 Å². The van der Waals surface area contributed by atoms with Crippen LogP contribution in [-0.2, 0) is 4.79 Å². The Morgan fingerprint density at radius 3 is 2.62 bits per heavy atom. The number of alkyl halides is 2. The molecule has 1 saturated heterocycles. The zero-order valence-corrected chi connectivity index (χ0v) is 13.5. The van der Waals surface area contributed by atoms with Crippen molar-refractivity contribution in [2.75, 3.05) is 19.4 Å². The second-order valence-corrected chi connectivity index (χ2v) is 6.40. The van der Waals surface area contributed by atoms with Gasteiger partial charge in [0.25, 0.3) is 0 Å². The lowest BCUT2D eigenvalue weighted by molar-refractivity contribution is -0.126. The molecule has 1 atom stereocenters. The largest absolute Gasteiger partial charge is 0.435 e. The van der Waals surface area contributed by atoms with Gasteiger partial charge in [0, 0.05) is 19.2 Å². The molecule has 2 heterocycles. The van der Waals surface area contributed by atoms with Crippen molar-refractivity contribution in [2.45, 2.75) is 23.4 Å². The number of nitrogens with zero attached hydrogens (tertiary/aromatic N) is 4. The van der Waals surface area contributed by atoms with Gasteiger partial charge in [0.05, 0.1) is 5.25 Å². The molecule has 1 aliphatic rings. The maximum atomic E-state index is 12.2. The second kappa shape index (κ2) is 6.63. The van der Waals surface area contributed by atoms with E-state index in [1.807, 2.05) is 0 Å². The molecule has 1 amide bonds. The Morgan fingerprint density at radius 2 is 2.04 bits per heavy atom. The summed E-state index contributed by atoms with van der Waals surface area (Å²) < 4.78 is 29.9. The number of rotatable bonds is 5. The lowest BCUT2D eigenvalue weighted by atomic mass is 10.2. The minimum absolute atomic E-state index is 0.0399. The monoisotopic (exact) mass is 355 g/mol. The Hall–Kier alpha value is -2.36. The van der Waals surface area contributed by atoms with Crippen molar-refractivity contribution >= 4 is 17.7 Å². The molecule has 1 aliphatic heterocycles. The lowest BCUT2D eigenvalue weighted by Crippen LogP contribution is -2.24. The van der Waals surface area contributed by atoms with Crippen molar-refractivity contribution in [3.63, 3.8) is 0 Å². The number of ether oxygens (including phenoxy) is 1. The third-order valence-electron chi connectivity index (χ3n) is 3.63. The van der Waals surface area contributed by atoms with Crippen molar-refractivity contribution in [3.05, 3.63) is 24.3 Å². The molecule has 0 aliphatic carbocycles. The van der Waals surface area contributed by atoms with Gasteiger partial charge in [0.15, 0.2) is 5.82 Å². The number of carbonyl (C=O) groups excluding carboxylic acids is 1. The quantitative estimate of drug-likeness (QED) is 0.820. The molecular formula is C14H15F2N5O2S. The van der Waals surface area contributed by atoms with Gasteiger partial charge < -0.3 is 15.5 Å². The number of hydrogen-bond donors (Lipinski definition) is 1. The Bertz CT molecular complexity index is 737. The van der Waals surface area contributed by atoms with Crippen LogP contribution in [0.25, 0.3) is 11.4 Å². The number of nitrogens with two attached hydrogens (primary N) is 1. The predicted octanol–water partition coefficient (Wildman–Crippen LogP) is 1.58. The number of aromatic nitrogens is 3. The standard InChI is InChI=1S/C14H15F2N5O2S/c1-20-7-6-10(12(20)22)24-14-19-18-11(21(14)17)8-2-4-9(5-3-8)23-13(15)16/h2-5,10,13H,6-7,17H2,1H3. The van der Waals surface area contributed by atoms with Crippen LogP contribution in [0.5, 0.6) is 5.75 Å². The van der Waals surface area contributed by atoms with Crippen molar-refractivity contribution < 1.29 is 18.3 Å². The molecule has 0 radical (unpaired) electrons. The van der Waals surface area contributed by atoms with Gasteiger partial charge in [-0.2, -0.15) is 8.78 Å². The molecule has 1 unspecified atom stereocenters. The maximum Gasteiger partial charge on any atom is 0.387 e. The highest BCUT2D eigenvalue weighted by Crippen LogP contribution is 2.30. The van der Waals surface area contributed by atoms with Gasteiger partial charge in [0.2, 0.25) is 11.1 Å². The highest BCUT2D eigenvalue weighted by Gasteiger charge is 2.31. The zero-order valence-electron chi connectivity index (χ0n) is 12.7. The molecule has 1 aromatic carbocycles. The van der Waals surface area contributed by atoms with Gasteiger partial charge in [-0.25, -0.2) is 4.68 Å². The van der Waals surface area contributed by atoms with Gasteiger partial charge in [-0.3, -0.25) is 4.79 Å². The molecule has 0 saturated carbocycles. The topological polar surface area (TPSA) is 86.3 Å². The highest BCUT2D eigenvalue weighted by molar-refractivity contribution is 8.00. The van der Waals surface area contributed by atoms with Crippen LogP contribution in [0.1, 0.15) is 6.42 Å². The Balaban J connectivity index is 1.76. The van der Waals surface area contributed by atoms with E-state index in [2.05, 4.69) is 14.9 Å². The third-order valence-corrected chi connectivity index (χ3v) is 4.84. The van der Waals surface area contributed by atoms with Crippen LogP contribution in [0.3, 0.4) is 0 Å². The number of likely N-dealkylation sites (tertiary alicyclic amines) is 1. The average molecular weight is 355 g/mol. The third kappa shape index (κ3) is 3.28. The maximum absolute atomic E-state index is 12.2. The van der Waals surface area contributed by atoms with E-state index >= 15 is 0 Å². The molecule has 1 aromatic heterocycles. The molecule has 24 heavy (non-hydrogen) atoms. The lowest BCUT2D eigenvalue weighted by Gasteiger charge is -2.09. The van der Waals surface area contributed by atoms with E-state index in [9.17, 15) is 13.6 Å². The first-order valence-corrected chi connectivity index (χ1v) is 8.01. The van der Waals surface area contributed by atoms with Crippen molar-refractivity contribution in [2.24, 2.45) is 0 Å². The number of carbonyl (C=O) groups is 1. The summed E-state index contributed by atoms with van der Waals surface area (Å²) in [4.78, 5) is 13.6. The van der Waals surface area contributed by atoms with Crippen LogP contribution in [0.4, 0.5) is 8.78 Å². The van der Waals surface area contributed by atoms with Crippen molar-refractivity contribution in [1.82, 2.24) is 19.8 Å². The fourth-order valence-corrected chi connectivity index (χ4v) is 3.41. The highest BCUT2D eigenvalue weighted by atomic mass is 32.2. The van der Waals surface area contributed by atoms with E-state index in [1.165, 1.54) is 28.6 Å². The number of thioether (sulfide) groups is 1. The van der Waals surface area contributed by atoms with E-state index in [-0.39, 0.29) is 16.9 Å². The summed E-state index contributed by atoms with van der Waals surface area (Å²) in [6.45, 7) is -2.17. The molecule has 3 rings (SSSR count). The molecule has 2 aromatic rings. The van der Waals surface area contributed by atoms with Crippen molar-refractivity contribution in [1.29, 1.82) is 0 Å². The first-order valence-electron chi connectivity index (χ1n) is 7.13. The van der Waals surface area contributed by atoms with Gasteiger partial charge >= 0.3 is 6.61 Å². The molecule has 0 spiro atoms. The van der Waals surface area contributed by atoms with Gasteiger partial charge in [-0.05, 0) is 30.7 Å². The Labute approximate surface area is 140 Å². The number of nitrogen functional groups attached to an aromatic ring is 1. The van der Waals surface area contributed by atoms with E-state index < -0.39 is 6.61 Å². The minimum atomic E-state index is -2.88. The summed E-state index contributed by atoms with van der Waals surface area (Å²) in [7, 11) is 1.75. The van der Waals surface area contributed by atoms with E-state index in [4.69, 9.17) is 5.84 Å². The fraction of sp³-hybridized carbons (Fsp3) is 0.357. The van der Waals surface area contributed by atoms with Gasteiger partial charge in [0.1, 0.15) is 5.75 Å². The van der Waals surface area contributed by atoms with Gasteiger partial charge in [-0.15, -0.1) is 10.2 Å². The second-order valence-electron chi connectivity index (χ2n) is 5.23. The summed E-state index contributed by atoms with van der Waals surface area (Å²) in [6, 6.07) is 5.93. The van der Waals surface area contributed by atoms with Crippen LogP contribution in [-0.4, -0.2) is 51.1 Å². The first kappa shape index (κ1) is 16.5. The summed E-state index contributed by atoms with van der Waals surface area (Å²) >= 11 is 1.27. The molecule has 1 fully saturated rings. The SMILES string of the molecule is CN1CCC(Sc2nnc(-c3ccc(OC(F)F)cc3)n2N)C1=O. The Kier molecular flexibility index (Phi) is 4.56. The van der Waals surface area contributed by atoms with Crippen molar-refractivity contribution in [3.8, 4) is 17.1 Å². The Morgan fingerprint density at radius 1 is 1.33 bits per heavy atom. The van der Waals surface area contributed by atoms with Crippen LogP contribution < -0.4 is 10.6 Å². The fourth-order valence-electron chi connectivity index (χ4n) is 2.37. The molecule has 128 valence electrons. The number of hydrogen-bond acceptors (Lipinski definition) is 6. The number of benzene rings is 1. The summed E-state index contributed by atoms with van der Waals surface area (Å²) in [5.41, 5.74) is 0.605. The normalized spacial score (nSPS) is 17.8. The molecular weight excluding hydrogens is 340 g/mol. The van der Waals surface area contributed by atoms with E-state index in [0.717, 1.165) is 6.42 Å². The summed E-state index contributed by atoms with van der Waals surface area (Å²) in [6.07, 6.45) is 0.724. The molecule has 0 bridgehead atoms. The minimum Gasteiger partial charge on any atom is -0.435 e. The van der Waals surface area contributed by atoms with Crippen LogP contribution in [0.15, 0.2) is 29.4 Å². The average Bonchev–Trinajstić information content (AvgIpc) is 3.06. The van der Waals surface area contributed by atoms with Gasteiger partial charge in [-0.1, -0.05) is 11.8 Å². The van der Waals surface area contributed by atoms with Crippen LogP contribution in [0.2, 0.25) is 0 Å². The van der Waals surface area contributed by atoms with E-state index in [0.29, 0.717) is 23.1 Å². The smallest absolute Gasteiger partial charge is 0.387 e. The first-order chi connectivity index (χ1) is 11.5. The predicted molar refractivity (Wildman–Crippen MR) is 84.1 cm³/mol. The van der Waals surface area contributed by atoms with Crippen LogP contribution >= 0.6 is 11.8 Å². The zero-order chi connectivity index (χ0) is 17.3. The molecule has 7 nitrogen and oxygen atoms in total.